The van der Waals surface area contributed by atoms with Crippen LogP contribution in [0.15, 0.2) is 22.7 Å². The van der Waals surface area contributed by atoms with E-state index in [9.17, 15) is 4.79 Å². The molecule has 0 saturated heterocycles. The molecular formula is C14H18BrIO2. The third-order valence-electron chi connectivity index (χ3n) is 2.35. The molecule has 0 bridgehead atoms. The Morgan fingerprint density at radius 3 is 2.56 bits per heavy atom. The molecule has 0 aliphatic heterocycles. The van der Waals surface area contributed by atoms with Crippen molar-refractivity contribution in [1.82, 2.24) is 0 Å². The van der Waals surface area contributed by atoms with E-state index in [1.165, 1.54) is 5.56 Å². The highest BCUT2D eigenvalue weighted by Crippen LogP contribution is 2.22. The van der Waals surface area contributed by atoms with Crippen molar-refractivity contribution in [2.75, 3.05) is 0 Å². The Balaban J connectivity index is 2.69. The van der Waals surface area contributed by atoms with Crippen molar-refractivity contribution >= 4 is 44.5 Å². The Kier molecular flexibility index (Phi) is 5.65. The van der Waals surface area contributed by atoms with Gasteiger partial charge in [0.1, 0.15) is 5.60 Å². The Labute approximate surface area is 131 Å². The second-order valence-corrected chi connectivity index (χ2v) is 7.45. The topological polar surface area (TPSA) is 26.3 Å². The number of halogens is 2. The maximum atomic E-state index is 11.9. The van der Waals surface area contributed by atoms with Gasteiger partial charge in [0, 0.05) is 8.04 Å². The first-order valence-electron chi connectivity index (χ1n) is 5.86. The number of hydrogen-bond donors (Lipinski definition) is 0. The zero-order valence-corrected chi connectivity index (χ0v) is 14.8. The van der Waals surface area contributed by atoms with Gasteiger partial charge in [-0.15, -0.1) is 0 Å². The van der Waals surface area contributed by atoms with Crippen LogP contribution in [0.4, 0.5) is 0 Å². The molecule has 0 fully saturated rings. The summed E-state index contributed by atoms with van der Waals surface area (Å²) in [5.74, 6) is -0.264. The molecule has 1 unspecified atom stereocenters. The first-order valence-corrected chi connectivity index (χ1v) is 7.73. The second-order valence-electron chi connectivity index (χ2n) is 5.37. The van der Waals surface area contributed by atoms with Crippen LogP contribution in [0.3, 0.4) is 0 Å². The largest absolute Gasteiger partial charge is 0.460 e. The molecular weight excluding hydrogens is 407 g/mol. The molecule has 0 aliphatic carbocycles. The van der Waals surface area contributed by atoms with Crippen LogP contribution < -0.4 is 0 Å². The van der Waals surface area contributed by atoms with Gasteiger partial charge < -0.3 is 4.74 Å². The Morgan fingerprint density at radius 2 is 2.06 bits per heavy atom. The van der Waals surface area contributed by atoms with E-state index in [1.54, 1.807) is 0 Å². The number of ether oxygens (including phenoxy) is 1. The number of rotatable bonds is 3. The summed E-state index contributed by atoms with van der Waals surface area (Å²) in [5.41, 5.74) is 0.759. The summed E-state index contributed by atoms with van der Waals surface area (Å²) in [4.78, 5) is 11.9. The SMILES string of the molecule is CC(Cc1ccc(Br)cc1I)C(=O)OC(C)(C)C. The molecule has 0 aliphatic rings. The smallest absolute Gasteiger partial charge is 0.309 e. The highest BCUT2D eigenvalue weighted by atomic mass is 127. The van der Waals surface area contributed by atoms with Gasteiger partial charge in [-0.3, -0.25) is 4.79 Å². The normalized spacial score (nSPS) is 13.2. The molecule has 2 nitrogen and oxygen atoms in total. The molecule has 1 atom stereocenters. The van der Waals surface area contributed by atoms with E-state index in [-0.39, 0.29) is 11.9 Å². The Morgan fingerprint density at radius 1 is 1.44 bits per heavy atom. The van der Waals surface area contributed by atoms with Gasteiger partial charge in [0.2, 0.25) is 0 Å². The van der Waals surface area contributed by atoms with Crippen molar-refractivity contribution < 1.29 is 9.53 Å². The van der Waals surface area contributed by atoms with Crippen molar-refractivity contribution in [1.29, 1.82) is 0 Å². The van der Waals surface area contributed by atoms with Crippen LogP contribution in [0, 0.1) is 9.49 Å². The van der Waals surface area contributed by atoms with Gasteiger partial charge >= 0.3 is 5.97 Å². The average Bonchev–Trinajstić information content (AvgIpc) is 2.19. The fourth-order valence-corrected chi connectivity index (χ4v) is 3.03. The third-order valence-corrected chi connectivity index (χ3v) is 3.85. The minimum absolute atomic E-state index is 0.126. The summed E-state index contributed by atoms with van der Waals surface area (Å²) in [6, 6.07) is 6.10. The summed E-state index contributed by atoms with van der Waals surface area (Å²) < 4.78 is 7.60. The minimum Gasteiger partial charge on any atom is -0.460 e. The molecule has 0 N–H and O–H groups in total. The van der Waals surface area contributed by atoms with Crippen LogP contribution in [0.25, 0.3) is 0 Å². The van der Waals surface area contributed by atoms with Crippen LogP contribution in [0.5, 0.6) is 0 Å². The van der Waals surface area contributed by atoms with Crippen molar-refractivity contribution in [2.24, 2.45) is 5.92 Å². The zero-order valence-electron chi connectivity index (χ0n) is 11.1. The predicted octanol–water partition coefficient (Wildman–Crippen LogP) is 4.57. The van der Waals surface area contributed by atoms with Crippen LogP contribution in [-0.2, 0) is 16.0 Å². The first kappa shape index (κ1) is 16.0. The average molecular weight is 425 g/mol. The summed E-state index contributed by atoms with van der Waals surface area (Å²) in [6.45, 7) is 7.58. The predicted molar refractivity (Wildman–Crippen MR) is 85.6 cm³/mol. The van der Waals surface area contributed by atoms with E-state index in [4.69, 9.17) is 4.74 Å². The van der Waals surface area contributed by atoms with Crippen LogP contribution in [0.1, 0.15) is 33.3 Å². The molecule has 1 rings (SSSR count). The van der Waals surface area contributed by atoms with Gasteiger partial charge in [-0.25, -0.2) is 0 Å². The summed E-state index contributed by atoms with van der Waals surface area (Å²) in [5, 5.41) is 0. The first-order chi connectivity index (χ1) is 8.19. The van der Waals surface area contributed by atoms with Gasteiger partial charge in [0.15, 0.2) is 0 Å². The molecule has 1 aromatic rings. The summed E-state index contributed by atoms with van der Waals surface area (Å²) in [7, 11) is 0. The van der Waals surface area contributed by atoms with E-state index in [1.807, 2.05) is 39.8 Å². The van der Waals surface area contributed by atoms with Crippen molar-refractivity contribution in [3.63, 3.8) is 0 Å². The van der Waals surface area contributed by atoms with E-state index < -0.39 is 5.60 Å². The van der Waals surface area contributed by atoms with Crippen LogP contribution in [-0.4, -0.2) is 11.6 Å². The lowest BCUT2D eigenvalue weighted by Gasteiger charge is -2.22. The van der Waals surface area contributed by atoms with E-state index in [0.717, 1.165) is 8.04 Å². The molecule has 0 spiro atoms. The molecule has 0 radical (unpaired) electrons. The molecule has 0 heterocycles. The van der Waals surface area contributed by atoms with Crippen molar-refractivity contribution in [3.05, 3.63) is 31.8 Å². The van der Waals surface area contributed by atoms with E-state index >= 15 is 0 Å². The molecule has 0 saturated carbocycles. The standard InChI is InChI=1S/C14H18BrIO2/c1-9(13(17)18-14(2,3)4)7-10-5-6-11(15)8-12(10)16/h5-6,8-9H,7H2,1-4H3. The molecule has 18 heavy (non-hydrogen) atoms. The maximum absolute atomic E-state index is 11.9. The number of hydrogen-bond acceptors (Lipinski definition) is 2. The van der Waals surface area contributed by atoms with Crippen LogP contribution >= 0.6 is 38.5 Å². The molecule has 0 amide bonds. The molecule has 100 valence electrons. The highest BCUT2D eigenvalue weighted by Gasteiger charge is 2.22. The summed E-state index contributed by atoms with van der Waals surface area (Å²) >= 11 is 5.72. The minimum atomic E-state index is -0.418. The zero-order chi connectivity index (χ0) is 13.9. The van der Waals surface area contributed by atoms with E-state index in [2.05, 4.69) is 44.6 Å². The monoisotopic (exact) mass is 424 g/mol. The van der Waals surface area contributed by atoms with Gasteiger partial charge in [-0.05, 0) is 67.5 Å². The van der Waals surface area contributed by atoms with Crippen molar-refractivity contribution in [2.45, 2.75) is 39.7 Å². The van der Waals surface area contributed by atoms with Gasteiger partial charge in [0.05, 0.1) is 5.92 Å². The van der Waals surface area contributed by atoms with Gasteiger partial charge in [-0.2, -0.15) is 0 Å². The fourth-order valence-electron chi connectivity index (χ4n) is 1.50. The van der Waals surface area contributed by atoms with Crippen molar-refractivity contribution in [3.8, 4) is 0 Å². The number of benzene rings is 1. The maximum Gasteiger partial charge on any atom is 0.309 e. The Bertz CT molecular complexity index is 438. The van der Waals surface area contributed by atoms with Gasteiger partial charge in [-0.1, -0.05) is 28.9 Å². The lowest BCUT2D eigenvalue weighted by Crippen LogP contribution is -2.28. The highest BCUT2D eigenvalue weighted by molar-refractivity contribution is 14.1. The van der Waals surface area contributed by atoms with Gasteiger partial charge in [0.25, 0.3) is 0 Å². The molecule has 4 heteroatoms. The quantitative estimate of drug-likeness (QED) is 0.524. The molecule has 1 aromatic carbocycles. The molecule has 0 aromatic heterocycles. The number of carbonyl (C=O) groups is 1. The third kappa shape index (κ3) is 5.26. The Hall–Kier alpha value is -0.100. The summed E-state index contributed by atoms with van der Waals surface area (Å²) in [6.07, 6.45) is 0.709. The fraction of sp³-hybridized carbons (Fsp3) is 0.500. The van der Waals surface area contributed by atoms with E-state index in [0.29, 0.717) is 6.42 Å². The number of esters is 1. The second kappa shape index (κ2) is 6.37. The number of carbonyl (C=O) groups excluding carboxylic acids is 1. The van der Waals surface area contributed by atoms with Crippen LogP contribution in [0.2, 0.25) is 0 Å². The lowest BCUT2D eigenvalue weighted by atomic mass is 10.0. The lowest BCUT2D eigenvalue weighted by molar-refractivity contribution is -0.159.